The lowest BCUT2D eigenvalue weighted by molar-refractivity contribution is -0.696. The molecule has 1 aliphatic heterocycles. The fraction of sp³-hybridized carbons (Fsp3) is 0.684. The Balaban J connectivity index is 2.10. The van der Waals surface area contributed by atoms with Gasteiger partial charge in [0.1, 0.15) is 17.8 Å². The van der Waals surface area contributed by atoms with Gasteiger partial charge in [0.25, 0.3) is 6.33 Å². The minimum atomic E-state index is -0.722. The quantitative estimate of drug-likeness (QED) is 0.557. The maximum atomic E-state index is 13.0. The Morgan fingerprint density at radius 1 is 1.36 bits per heavy atom. The molecule has 0 unspecified atom stereocenters. The molecule has 0 saturated carbocycles. The van der Waals surface area contributed by atoms with E-state index in [2.05, 4.69) is 12.2 Å². The number of rotatable bonds is 7. The molecular formula is C19H31N4O5+. The molecule has 1 aromatic heterocycles. The molecular weight excluding hydrogens is 364 g/mol. The van der Waals surface area contributed by atoms with Crippen molar-refractivity contribution in [1.82, 2.24) is 14.8 Å². The van der Waals surface area contributed by atoms with Gasteiger partial charge in [-0.1, -0.05) is 13.3 Å². The zero-order valence-corrected chi connectivity index (χ0v) is 17.4. The van der Waals surface area contributed by atoms with Crippen LogP contribution in [0.25, 0.3) is 0 Å². The first-order valence-electron chi connectivity index (χ1n) is 9.62. The molecule has 156 valence electrons. The molecule has 1 aromatic rings. The number of ether oxygens (including phenoxy) is 2. The molecule has 0 aliphatic carbocycles. The standard InChI is InChI=1S/C19H30N4O5/c1-6-7-9-21-12-14-11-15(16(24)27-5)22(18(26)23(14)13-21)10-8-20-17(25)28-19(2,3)4/h12-13,15H,6-11H2,1-5H3/p+1/t15-/m0/s1. The lowest BCUT2D eigenvalue weighted by atomic mass is 10.1. The second-order valence-corrected chi connectivity index (χ2v) is 7.85. The van der Waals surface area contributed by atoms with Gasteiger partial charge in [-0.2, -0.15) is 0 Å². The second-order valence-electron chi connectivity index (χ2n) is 7.85. The minimum Gasteiger partial charge on any atom is -0.467 e. The van der Waals surface area contributed by atoms with E-state index in [1.54, 1.807) is 31.7 Å². The number of methoxy groups -OCH3 is 1. The third-order valence-electron chi connectivity index (χ3n) is 4.38. The second kappa shape index (κ2) is 9.07. The highest BCUT2D eigenvalue weighted by Crippen LogP contribution is 2.18. The first-order valence-corrected chi connectivity index (χ1v) is 9.62. The van der Waals surface area contributed by atoms with E-state index in [4.69, 9.17) is 9.47 Å². The van der Waals surface area contributed by atoms with Gasteiger partial charge in [-0.15, -0.1) is 4.57 Å². The Hall–Kier alpha value is -2.58. The van der Waals surface area contributed by atoms with Crippen molar-refractivity contribution in [3.8, 4) is 0 Å². The number of carbonyl (C=O) groups is 3. The van der Waals surface area contributed by atoms with E-state index in [9.17, 15) is 14.4 Å². The maximum absolute atomic E-state index is 13.0. The van der Waals surface area contributed by atoms with E-state index in [1.165, 1.54) is 12.0 Å². The van der Waals surface area contributed by atoms with E-state index in [0.29, 0.717) is 6.42 Å². The molecule has 2 rings (SSSR count). The molecule has 0 aromatic carbocycles. The van der Waals surface area contributed by atoms with Crippen molar-refractivity contribution < 1.29 is 28.4 Å². The van der Waals surface area contributed by atoms with Crippen molar-refractivity contribution in [2.45, 2.75) is 65.1 Å². The van der Waals surface area contributed by atoms with Crippen LogP contribution in [0.1, 0.15) is 46.2 Å². The number of unbranched alkanes of at least 4 members (excludes halogenated alkanes) is 1. The zero-order valence-electron chi connectivity index (χ0n) is 17.4. The van der Waals surface area contributed by atoms with Gasteiger partial charge >= 0.3 is 18.1 Å². The van der Waals surface area contributed by atoms with Crippen molar-refractivity contribution in [3.63, 3.8) is 0 Å². The van der Waals surface area contributed by atoms with Crippen molar-refractivity contribution >= 4 is 18.1 Å². The van der Waals surface area contributed by atoms with Crippen LogP contribution in [-0.4, -0.2) is 59.4 Å². The first kappa shape index (κ1) is 21.7. The molecule has 1 aliphatic rings. The summed E-state index contributed by atoms with van der Waals surface area (Å²) < 4.78 is 13.6. The molecule has 0 saturated heterocycles. The molecule has 1 N–H and O–H groups in total. The van der Waals surface area contributed by atoms with Crippen LogP contribution in [0.15, 0.2) is 12.5 Å². The van der Waals surface area contributed by atoms with E-state index >= 15 is 0 Å². The summed E-state index contributed by atoms with van der Waals surface area (Å²) >= 11 is 0. The number of hydrogen-bond acceptors (Lipinski definition) is 5. The summed E-state index contributed by atoms with van der Waals surface area (Å²) in [5.41, 5.74) is 0.166. The summed E-state index contributed by atoms with van der Waals surface area (Å²) in [5.74, 6) is -0.474. The van der Waals surface area contributed by atoms with Crippen molar-refractivity contribution in [2.24, 2.45) is 0 Å². The predicted molar refractivity (Wildman–Crippen MR) is 101 cm³/mol. The number of amides is 2. The maximum Gasteiger partial charge on any atom is 0.416 e. The topological polar surface area (TPSA) is 93.8 Å². The van der Waals surface area contributed by atoms with E-state index in [1.807, 2.05) is 10.8 Å². The number of nitrogens with one attached hydrogen (secondary N) is 1. The van der Waals surface area contributed by atoms with Crippen LogP contribution >= 0.6 is 0 Å². The number of aromatic nitrogens is 2. The fourth-order valence-corrected chi connectivity index (χ4v) is 3.07. The number of imidazole rings is 1. The van der Waals surface area contributed by atoms with Crippen molar-refractivity contribution in [3.05, 3.63) is 18.2 Å². The van der Waals surface area contributed by atoms with Gasteiger partial charge in [-0.25, -0.2) is 19.0 Å². The molecule has 0 radical (unpaired) electrons. The summed E-state index contributed by atoms with van der Waals surface area (Å²) in [5, 5.41) is 2.62. The van der Waals surface area contributed by atoms with Crippen molar-refractivity contribution in [1.29, 1.82) is 0 Å². The summed E-state index contributed by atoms with van der Waals surface area (Å²) in [6, 6.07) is -1.03. The van der Waals surface area contributed by atoms with Crippen LogP contribution in [-0.2, 0) is 27.2 Å². The normalized spacial score (nSPS) is 16.5. The molecule has 0 spiro atoms. The molecule has 28 heavy (non-hydrogen) atoms. The molecule has 2 heterocycles. The zero-order chi connectivity index (χ0) is 20.9. The number of aryl methyl sites for hydroxylation is 1. The van der Waals surface area contributed by atoms with Crippen LogP contribution < -0.4 is 9.88 Å². The largest absolute Gasteiger partial charge is 0.467 e. The summed E-state index contributed by atoms with van der Waals surface area (Å²) in [7, 11) is 1.30. The molecule has 9 heteroatoms. The highest BCUT2D eigenvalue weighted by Gasteiger charge is 2.41. The summed E-state index contributed by atoms with van der Waals surface area (Å²) in [6.45, 7) is 8.58. The number of alkyl carbamates (subject to hydrolysis) is 1. The molecule has 0 bridgehead atoms. The van der Waals surface area contributed by atoms with Crippen LogP contribution in [0.5, 0.6) is 0 Å². The van der Waals surface area contributed by atoms with Crippen LogP contribution in [0.4, 0.5) is 9.59 Å². The Labute approximate surface area is 165 Å². The van der Waals surface area contributed by atoms with Gasteiger partial charge in [0.05, 0.1) is 13.7 Å². The number of nitrogens with zero attached hydrogens (tertiary/aromatic N) is 3. The minimum absolute atomic E-state index is 0.167. The van der Waals surface area contributed by atoms with E-state index in [-0.39, 0.29) is 19.1 Å². The highest BCUT2D eigenvalue weighted by atomic mass is 16.6. The molecule has 0 fully saturated rings. The van der Waals surface area contributed by atoms with E-state index < -0.39 is 23.7 Å². The monoisotopic (exact) mass is 395 g/mol. The van der Waals surface area contributed by atoms with E-state index in [0.717, 1.165) is 25.1 Å². The third-order valence-corrected chi connectivity index (χ3v) is 4.38. The molecule has 1 atom stereocenters. The smallest absolute Gasteiger partial charge is 0.416 e. The average molecular weight is 395 g/mol. The Kier molecular flexibility index (Phi) is 7.04. The number of fused-ring (bicyclic) bond motifs is 1. The lowest BCUT2D eigenvalue weighted by Crippen LogP contribution is -2.54. The number of hydrogen-bond donors (Lipinski definition) is 1. The van der Waals surface area contributed by atoms with Crippen molar-refractivity contribution in [2.75, 3.05) is 20.2 Å². The Morgan fingerprint density at radius 3 is 2.68 bits per heavy atom. The summed E-state index contributed by atoms with van der Waals surface area (Å²) in [4.78, 5) is 38.5. The van der Waals surface area contributed by atoms with Crippen LogP contribution in [0.3, 0.4) is 0 Å². The van der Waals surface area contributed by atoms with Gasteiger partial charge in [-0.05, 0) is 27.2 Å². The van der Waals surface area contributed by atoms with Crippen LogP contribution in [0.2, 0.25) is 0 Å². The van der Waals surface area contributed by atoms with Crippen LogP contribution in [0, 0.1) is 0 Å². The molecule has 9 nitrogen and oxygen atoms in total. The van der Waals surface area contributed by atoms with Gasteiger partial charge in [0.2, 0.25) is 0 Å². The first-order chi connectivity index (χ1) is 13.2. The van der Waals surface area contributed by atoms with Gasteiger partial charge in [0, 0.05) is 19.5 Å². The number of carbonyl (C=O) groups excluding carboxylic acids is 3. The Morgan fingerprint density at radius 2 is 2.07 bits per heavy atom. The molecule has 2 amide bonds. The number of esters is 1. The van der Waals surface area contributed by atoms with Gasteiger partial charge in [0.15, 0.2) is 5.69 Å². The van der Waals surface area contributed by atoms with Gasteiger partial charge in [-0.3, -0.25) is 4.90 Å². The summed E-state index contributed by atoms with van der Waals surface area (Å²) in [6.07, 6.45) is 5.52. The van der Waals surface area contributed by atoms with Gasteiger partial charge < -0.3 is 14.8 Å². The lowest BCUT2D eigenvalue weighted by Gasteiger charge is -2.31. The Bertz CT molecular complexity index is 722. The highest BCUT2D eigenvalue weighted by molar-refractivity contribution is 5.87. The third kappa shape index (κ3) is 5.46. The fourth-order valence-electron chi connectivity index (χ4n) is 3.07. The SMILES string of the molecule is CCCC[n+]1cc2n(c1)C(=O)N(CCNC(=O)OC(C)(C)C)[C@H](C(=O)OC)C2. The predicted octanol–water partition coefficient (Wildman–Crippen LogP) is 1.47. The average Bonchev–Trinajstić information content (AvgIpc) is 3.02.